The Morgan fingerprint density at radius 1 is 1.47 bits per heavy atom. The van der Waals surface area contributed by atoms with E-state index in [0.717, 1.165) is 4.73 Å². The van der Waals surface area contributed by atoms with E-state index in [2.05, 4.69) is 4.99 Å². The maximum atomic E-state index is 11.3. The van der Waals surface area contributed by atoms with E-state index in [1.807, 2.05) is 0 Å². The van der Waals surface area contributed by atoms with Crippen LogP contribution in [0.5, 0.6) is 0 Å². The third-order valence-corrected chi connectivity index (χ3v) is 1.42. The van der Waals surface area contributed by atoms with Crippen molar-refractivity contribution in [2.45, 2.75) is 26.4 Å². The van der Waals surface area contributed by atoms with Crippen molar-refractivity contribution in [2.24, 2.45) is 4.99 Å². The molecule has 1 aromatic rings. The fourth-order valence-electron chi connectivity index (χ4n) is 0.892. The van der Waals surface area contributed by atoms with E-state index in [9.17, 15) is 10.0 Å². The summed E-state index contributed by atoms with van der Waals surface area (Å²) in [6, 6.07) is 4.79. The molecule has 1 aromatic heterocycles. The number of rotatable bonds is 0. The standard InChI is InChI=1S/C10H14N2O3/c1-10(2,3)15-9(13)11-8-6-4-5-7-12(8)14/h4-7,14H,1-3H3/b11-8+. The molecule has 1 heterocycles. The highest BCUT2D eigenvalue weighted by Gasteiger charge is 2.15. The molecule has 0 fully saturated rings. The molecule has 5 heteroatoms. The summed E-state index contributed by atoms with van der Waals surface area (Å²) in [4.78, 5) is 14.9. The van der Waals surface area contributed by atoms with Gasteiger partial charge in [-0.2, -0.15) is 9.72 Å². The number of carbonyl (C=O) groups excluding carboxylic acids is 1. The Bertz CT molecular complexity index is 415. The first kappa shape index (κ1) is 11.3. The number of hydrogen-bond donors (Lipinski definition) is 1. The maximum Gasteiger partial charge on any atom is 0.436 e. The molecule has 0 radical (unpaired) electrons. The van der Waals surface area contributed by atoms with E-state index in [0.29, 0.717) is 0 Å². The van der Waals surface area contributed by atoms with Crippen LogP contribution in [0.25, 0.3) is 0 Å². The Kier molecular flexibility index (Phi) is 3.14. The zero-order valence-electron chi connectivity index (χ0n) is 8.97. The number of pyridine rings is 1. The first-order chi connectivity index (χ1) is 6.88. The minimum absolute atomic E-state index is 0.131. The normalized spacial score (nSPS) is 12.6. The van der Waals surface area contributed by atoms with Gasteiger partial charge in [0.05, 0.1) is 0 Å². The van der Waals surface area contributed by atoms with Gasteiger partial charge in [0.15, 0.2) is 5.49 Å². The minimum Gasteiger partial charge on any atom is -0.442 e. The zero-order valence-corrected chi connectivity index (χ0v) is 8.97. The Labute approximate surface area is 87.6 Å². The molecule has 0 aliphatic heterocycles. The fourth-order valence-corrected chi connectivity index (χ4v) is 0.892. The van der Waals surface area contributed by atoms with Crippen molar-refractivity contribution in [3.8, 4) is 0 Å². The molecule has 0 atom stereocenters. The van der Waals surface area contributed by atoms with Crippen LogP contribution in [0.4, 0.5) is 4.79 Å². The van der Waals surface area contributed by atoms with E-state index in [1.54, 1.807) is 32.9 Å². The zero-order chi connectivity index (χ0) is 11.5. The number of nitrogens with zero attached hydrogens (tertiary/aromatic N) is 2. The lowest BCUT2D eigenvalue weighted by Gasteiger charge is -2.17. The van der Waals surface area contributed by atoms with Crippen molar-refractivity contribution in [1.82, 2.24) is 4.73 Å². The predicted octanol–water partition coefficient (Wildman–Crippen LogP) is 1.56. The average Bonchev–Trinajstić information content (AvgIpc) is 2.05. The Morgan fingerprint density at radius 3 is 2.67 bits per heavy atom. The summed E-state index contributed by atoms with van der Waals surface area (Å²) < 4.78 is 5.72. The summed E-state index contributed by atoms with van der Waals surface area (Å²) >= 11 is 0. The lowest BCUT2D eigenvalue weighted by atomic mass is 10.2. The van der Waals surface area contributed by atoms with E-state index >= 15 is 0 Å². The van der Waals surface area contributed by atoms with Crippen LogP contribution >= 0.6 is 0 Å². The van der Waals surface area contributed by atoms with Gasteiger partial charge in [0, 0.05) is 6.20 Å². The van der Waals surface area contributed by atoms with Crippen LogP contribution < -0.4 is 5.49 Å². The van der Waals surface area contributed by atoms with E-state index in [1.165, 1.54) is 12.3 Å². The van der Waals surface area contributed by atoms with Gasteiger partial charge in [0.25, 0.3) is 0 Å². The average molecular weight is 210 g/mol. The molecule has 0 saturated carbocycles. The van der Waals surface area contributed by atoms with E-state index in [-0.39, 0.29) is 5.49 Å². The number of ether oxygens (including phenoxy) is 1. The fraction of sp³-hybridized carbons (Fsp3) is 0.400. The van der Waals surface area contributed by atoms with Gasteiger partial charge in [-0.3, -0.25) is 0 Å². The maximum absolute atomic E-state index is 11.3. The molecular formula is C10H14N2O3. The molecule has 5 nitrogen and oxygen atoms in total. The molecule has 0 aromatic carbocycles. The van der Waals surface area contributed by atoms with Crippen molar-refractivity contribution in [3.05, 3.63) is 29.9 Å². The summed E-state index contributed by atoms with van der Waals surface area (Å²) in [5.41, 5.74) is -0.456. The highest BCUT2D eigenvalue weighted by molar-refractivity contribution is 5.68. The van der Waals surface area contributed by atoms with Crippen LogP contribution in [-0.4, -0.2) is 21.6 Å². The first-order valence-corrected chi connectivity index (χ1v) is 4.53. The minimum atomic E-state index is -0.725. The molecule has 15 heavy (non-hydrogen) atoms. The SMILES string of the molecule is CC(C)(C)OC(=O)/N=c1\ccccn1O. The van der Waals surface area contributed by atoms with Crippen LogP contribution in [0.2, 0.25) is 0 Å². The van der Waals surface area contributed by atoms with Crippen molar-refractivity contribution in [1.29, 1.82) is 0 Å². The van der Waals surface area contributed by atoms with Crippen molar-refractivity contribution >= 4 is 6.09 Å². The summed E-state index contributed by atoms with van der Waals surface area (Å²) in [7, 11) is 0. The summed E-state index contributed by atoms with van der Waals surface area (Å²) in [5, 5.41) is 9.27. The number of hydrogen-bond acceptors (Lipinski definition) is 3. The molecule has 0 bridgehead atoms. The van der Waals surface area contributed by atoms with Crippen molar-refractivity contribution in [3.63, 3.8) is 0 Å². The van der Waals surface area contributed by atoms with E-state index < -0.39 is 11.7 Å². The Morgan fingerprint density at radius 2 is 2.13 bits per heavy atom. The molecule has 0 spiro atoms. The Balaban J connectivity index is 2.90. The molecule has 0 saturated heterocycles. The van der Waals surface area contributed by atoms with Gasteiger partial charge in [-0.05, 0) is 32.9 Å². The molecular weight excluding hydrogens is 196 g/mol. The van der Waals surface area contributed by atoms with Gasteiger partial charge in [-0.25, -0.2) is 4.79 Å². The summed E-state index contributed by atoms with van der Waals surface area (Å²) in [6.07, 6.45) is 0.653. The van der Waals surface area contributed by atoms with Crippen LogP contribution in [0, 0.1) is 0 Å². The van der Waals surface area contributed by atoms with Gasteiger partial charge >= 0.3 is 6.09 Å². The second-order valence-electron chi connectivity index (χ2n) is 4.00. The summed E-state index contributed by atoms with van der Waals surface area (Å²) in [6.45, 7) is 5.25. The monoisotopic (exact) mass is 210 g/mol. The quantitative estimate of drug-likeness (QED) is 0.661. The number of carbonyl (C=O) groups is 1. The van der Waals surface area contributed by atoms with Crippen LogP contribution in [0.3, 0.4) is 0 Å². The molecule has 0 aliphatic carbocycles. The van der Waals surface area contributed by atoms with Gasteiger partial charge < -0.3 is 9.94 Å². The second-order valence-corrected chi connectivity index (χ2v) is 4.00. The van der Waals surface area contributed by atoms with Gasteiger partial charge in [0.2, 0.25) is 0 Å². The topological polar surface area (TPSA) is 63.8 Å². The number of aromatic nitrogens is 1. The molecule has 1 amide bonds. The van der Waals surface area contributed by atoms with Crippen molar-refractivity contribution < 1.29 is 14.7 Å². The van der Waals surface area contributed by atoms with Gasteiger partial charge in [0.1, 0.15) is 5.60 Å². The Hall–Kier alpha value is -1.78. The van der Waals surface area contributed by atoms with Gasteiger partial charge in [-0.15, -0.1) is 0 Å². The van der Waals surface area contributed by atoms with Crippen LogP contribution in [-0.2, 0) is 4.74 Å². The predicted molar refractivity (Wildman–Crippen MR) is 53.4 cm³/mol. The molecule has 82 valence electrons. The highest BCUT2D eigenvalue weighted by atomic mass is 16.6. The second kappa shape index (κ2) is 4.16. The summed E-state index contributed by atoms with van der Waals surface area (Å²) in [5.74, 6) is 0. The molecule has 0 unspecified atom stereocenters. The lowest BCUT2D eigenvalue weighted by Crippen LogP contribution is -2.25. The van der Waals surface area contributed by atoms with Crippen molar-refractivity contribution in [2.75, 3.05) is 0 Å². The smallest absolute Gasteiger partial charge is 0.436 e. The van der Waals surface area contributed by atoms with Crippen LogP contribution in [0.15, 0.2) is 29.4 Å². The first-order valence-electron chi connectivity index (χ1n) is 4.53. The molecule has 0 aliphatic rings. The third-order valence-electron chi connectivity index (χ3n) is 1.42. The molecule has 1 N–H and O–H groups in total. The van der Waals surface area contributed by atoms with Crippen LogP contribution in [0.1, 0.15) is 20.8 Å². The van der Waals surface area contributed by atoms with E-state index in [4.69, 9.17) is 4.74 Å². The molecule has 1 rings (SSSR count). The number of amides is 1. The highest BCUT2D eigenvalue weighted by Crippen LogP contribution is 2.07. The third kappa shape index (κ3) is 3.84. The lowest BCUT2D eigenvalue weighted by molar-refractivity contribution is 0.0587. The largest absolute Gasteiger partial charge is 0.442 e. The van der Waals surface area contributed by atoms with Gasteiger partial charge in [-0.1, -0.05) is 6.07 Å².